The van der Waals surface area contributed by atoms with Crippen LogP contribution in [0.5, 0.6) is 0 Å². The van der Waals surface area contributed by atoms with Crippen LogP contribution in [-0.4, -0.2) is 34.0 Å². The first-order chi connectivity index (χ1) is 11.4. The van der Waals surface area contributed by atoms with E-state index in [0.717, 1.165) is 11.3 Å². The quantitative estimate of drug-likeness (QED) is 0.744. The molecular weight excluding hydrogens is 354 g/mol. The van der Waals surface area contributed by atoms with Gasteiger partial charge < -0.3 is 9.47 Å². The second kappa shape index (κ2) is 8.04. The third-order valence-corrected chi connectivity index (χ3v) is 5.71. The van der Waals surface area contributed by atoms with Crippen molar-refractivity contribution in [3.8, 4) is 0 Å². The Labute approximate surface area is 143 Å². The maximum Gasteiger partial charge on any atom is 0.337 e. The molecule has 0 radical (unpaired) electrons. The zero-order chi connectivity index (χ0) is 17.6. The van der Waals surface area contributed by atoms with E-state index in [9.17, 15) is 18.0 Å². The Morgan fingerprint density at radius 3 is 2.67 bits per heavy atom. The molecule has 0 saturated heterocycles. The number of nitrogens with one attached hydrogen (secondary N) is 1. The Bertz CT molecular complexity index is 814. The summed E-state index contributed by atoms with van der Waals surface area (Å²) in [5, 5.41) is 1.63. The van der Waals surface area contributed by atoms with Crippen LogP contribution in [0, 0.1) is 0 Å². The van der Waals surface area contributed by atoms with Gasteiger partial charge in [-0.15, -0.1) is 11.3 Å². The first kappa shape index (κ1) is 18.1. The number of rotatable bonds is 7. The van der Waals surface area contributed by atoms with E-state index in [2.05, 4.69) is 9.46 Å². The van der Waals surface area contributed by atoms with Gasteiger partial charge in [-0.05, 0) is 29.1 Å². The maximum atomic E-state index is 11.9. The zero-order valence-corrected chi connectivity index (χ0v) is 14.4. The van der Waals surface area contributed by atoms with Gasteiger partial charge in [0.05, 0.1) is 12.7 Å². The predicted octanol–water partition coefficient (Wildman–Crippen LogP) is 1.56. The standard InChI is InChI=1S/C15H15NO6S2/c1-21-15(18)12-5-2-4-11(8-12)10-22-13(17)9-16-24(19,20)14-6-3-7-23-14/h2-8,16H,9-10H2,1H3. The molecule has 1 heterocycles. The highest BCUT2D eigenvalue weighted by molar-refractivity contribution is 7.91. The Balaban J connectivity index is 1.87. The average molecular weight is 369 g/mol. The minimum Gasteiger partial charge on any atom is -0.465 e. The van der Waals surface area contributed by atoms with Crippen LogP contribution in [0.15, 0.2) is 46.0 Å². The second-order valence-corrected chi connectivity index (χ2v) is 7.55. The number of esters is 2. The van der Waals surface area contributed by atoms with Crippen LogP contribution in [0.25, 0.3) is 0 Å². The minimum absolute atomic E-state index is 0.0790. The lowest BCUT2D eigenvalue weighted by atomic mass is 10.1. The van der Waals surface area contributed by atoms with Gasteiger partial charge in [0, 0.05) is 0 Å². The molecule has 1 aromatic heterocycles. The van der Waals surface area contributed by atoms with Crippen LogP contribution in [0.3, 0.4) is 0 Å². The van der Waals surface area contributed by atoms with Crippen molar-refractivity contribution in [2.45, 2.75) is 10.8 Å². The number of carbonyl (C=O) groups excluding carboxylic acids is 2. The highest BCUT2D eigenvalue weighted by atomic mass is 32.2. The lowest BCUT2D eigenvalue weighted by Gasteiger charge is -2.07. The van der Waals surface area contributed by atoms with Gasteiger partial charge in [0.2, 0.25) is 0 Å². The number of methoxy groups -OCH3 is 1. The molecular formula is C15H15NO6S2. The largest absolute Gasteiger partial charge is 0.465 e. The Hall–Kier alpha value is -2.23. The molecule has 0 aliphatic carbocycles. The van der Waals surface area contributed by atoms with Crippen LogP contribution in [0.4, 0.5) is 0 Å². The SMILES string of the molecule is COC(=O)c1cccc(COC(=O)CNS(=O)(=O)c2cccs2)c1. The summed E-state index contributed by atoms with van der Waals surface area (Å²) in [6, 6.07) is 9.47. The Morgan fingerprint density at radius 1 is 1.21 bits per heavy atom. The first-order valence-corrected chi connectivity index (χ1v) is 9.15. The van der Waals surface area contributed by atoms with Crippen molar-refractivity contribution >= 4 is 33.3 Å². The first-order valence-electron chi connectivity index (χ1n) is 6.78. The number of hydrogen-bond donors (Lipinski definition) is 1. The van der Waals surface area contributed by atoms with E-state index in [4.69, 9.17) is 4.74 Å². The molecule has 0 amide bonds. The number of thiophene rings is 1. The molecule has 0 fully saturated rings. The Kier molecular flexibility index (Phi) is 6.07. The summed E-state index contributed by atoms with van der Waals surface area (Å²) >= 11 is 1.05. The second-order valence-electron chi connectivity index (χ2n) is 4.61. The van der Waals surface area contributed by atoms with E-state index in [1.165, 1.54) is 19.2 Å². The topological polar surface area (TPSA) is 98.8 Å². The van der Waals surface area contributed by atoms with E-state index in [-0.39, 0.29) is 10.8 Å². The number of sulfonamides is 1. The lowest BCUT2D eigenvalue weighted by molar-refractivity contribution is -0.143. The highest BCUT2D eigenvalue weighted by Gasteiger charge is 2.17. The van der Waals surface area contributed by atoms with Gasteiger partial charge in [0.15, 0.2) is 0 Å². The summed E-state index contributed by atoms with van der Waals surface area (Å²) in [7, 11) is -2.44. The van der Waals surface area contributed by atoms with Crippen LogP contribution < -0.4 is 4.72 Å². The Morgan fingerprint density at radius 2 is 2.00 bits per heavy atom. The van der Waals surface area contributed by atoms with Gasteiger partial charge in [-0.3, -0.25) is 4.79 Å². The molecule has 0 atom stereocenters. The number of hydrogen-bond acceptors (Lipinski definition) is 7. The molecule has 128 valence electrons. The molecule has 1 aromatic carbocycles. The van der Waals surface area contributed by atoms with Gasteiger partial charge in [-0.25, -0.2) is 13.2 Å². The summed E-state index contributed by atoms with van der Waals surface area (Å²) in [6.45, 7) is -0.554. The fourth-order valence-electron chi connectivity index (χ4n) is 1.76. The summed E-state index contributed by atoms with van der Waals surface area (Å²) in [5.41, 5.74) is 0.928. The van der Waals surface area contributed by atoms with E-state index >= 15 is 0 Å². The summed E-state index contributed by atoms with van der Waals surface area (Å²) in [5.74, 6) is -1.22. The molecule has 0 aliphatic rings. The molecule has 0 saturated carbocycles. The van der Waals surface area contributed by atoms with Crippen molar-refractivity contribution in [1.82, 2.24) is 4.72 Å². The van der Waals surface area contributed by atoms with Crippen molar-refractivity contribution in [1.29, 1.82) is 0 Å². The van der Waals surface area contributed by atoms with Gasteiger partial charge in [-0.1, -0.05) is 18.2 Å². The summed E-state index contributed by atoms with van der Waals surface area (Å²) in [4.78, 5) is 23.1. The molecule has 0 bridgehead atoms. The minimum atomic E-state index is -3.71. The average Bonchev–Trinajstić information content (AvgIpc) is 3.13. The van der Waals surface area contributed by atoms with Crippen molar-refractivity contribution in [2.75, 3.05) is 13.7 Å². The fourth-order valence-corrected chi connectivity index (χ4v) is 3.77. The van der Waals surface area contributed by atoms with E-state index in [1.54, 1.807) is 29.6 Å². The van der Waals surface area contributed by atoms with Gasteiger partial charge in [0.25, 0.3) is 10.0 Å². The summed E-state index contributed by atoms with van der Waals surface area (Å²) < 4.78 is 35.6. The molecule has 2 aromatic rings. The van der Waals surface area contributed by atoms with Crippen molar-refractivity contribution < 1.29 is 27.5 Å². The zero-order valence-electron chi connectivity index (χ0n) is 12.7. The molecule has 24 heavy (non-hydrogen) atoms. The molecule has 0 aliphatic heterocycles. The predicted molar refractivity (Wildman–Crippen MR) is 87.1 cm³/mol. The normalized spacial score (nSPS) is 11.0. The molecule has 0 spiro atoms. The van der Waals surface area contributed by atoms with E-state index in [0.29, 0.717) is 11.1 Å². The third kappa shape index (κ3) is 4.88. The molecule has 2 rings (SSSR count). The number of ether oxygens (including phenoxy) is 2. The lowest BCUT2D eigenvalue weighted by Crippen LogP contribution is -2.30. The van der Waals surface area contributed by atoms with Crippen LogP contribution in [0.1, 0.15) is 15.9 Å². The molecule has 7 nitrogen and oxygen atoms in total. The fraction of sp³-hybridized carbons (Fsp3) is 0.200. The third-order valence-electron chi connectivity index (χ3n) is 2.91. The molecule has 9 heteroatoms. The molecule has 1 N–H and O–H groups in total. The van der Waals surface area contributed by atoms with Crippen molar-refractivity contribution in [3.63, 3.8) is 0 Å². The van der Waals surface area contributed by atoms with Crippen molar-refractivity contribution in [3.05, 3.63) is 52.9 Å². The monoisotopic (exact) mass is 369 g/mol. The van der Waals surface area contributed by atoms with Gasteiger partial charge in [-0.2, -0.15) is 4.72 Å². The highest BCUT2D eigenvalue weighted by Crippen LogP contribution is 2.15. The van der Waals surface area contributed by atoms with E-state index < -0.39 is 28.5 Å². The summed E-state index contributed by atoms with van der Waals surface area (Å²) in [6.07, 6.45) is 0. The van der Waals surface area contributed by atoms with Gasteiger partial charge in [0.1, 0.15) is 17.4 Å². The van der Waals surface area contributed by atoms with Crippen molar-refractivity contribution in [2.24, 2.45) is 0 Å². The number of benzene rings is 1. The van der Waals surface area contributed by atoms with Crippen LogP contribution in [0.2, 0.25) is 0 Å². The van der Waals surface area contributed by atoms with Crippen LogP contribution >= 0.6 is 11.3 Å². The van der Waals surface area contributed by atoms with E-state index in [1.807, 2.05) is 0 Å². The maximum absolute atomic E-state index is 11.9. The number of carbonyl (C=O) groups is 2. The smallest absolute Gasteiger partial charge is 0.337 e. The van der Waals surface area contributed by atoms with Crippen LogP contribution in [-0.2, 0) is 30.9 Å². The molecule has 0 unspecified atom stereocenters. The van der Waals surface area contributed by atoms with Gasteiger partial charge >= 0.3 is 11.9 Å².